The van der Waals surface area contributed by atoms with Crippen LogP contribution in [-0.4, -0.2) is 27.5 Å². The standard InChI is InChI=1S/C17H23N3O3S/c1-4-6-20-16(21)18-19-17(20)24-10-13-9-15-12(7-11(3)23-15)8-14(13)22-5-2/h8-9,11H,4-7,10H2,1-3H3,(H,18,21). The lowest BCUT2D eigenvalue weighted by Crippen LogP contribution is -2.17. The normalized spacial score (nSPS) is 16.0. The molecule has 1 atom stereocenters. The van der Waals surface area contributed by atoms with Crippen LogP contribution in [0.5, 0.6) is 11.5 Å². The first-order valence-electron chi connectivity index (χ1n) is 8.35. The number of rotatable bonds is 7. The SMILES string of the molecule is CCCn1c(SCc2cc3c(cc2OCC)CC(C)O3)n[nH]c1=O. The average Bonchev–Trinajstić information content (AvgIpc) is 3.08. The Labute approximate surface area is 145 Å². The van der Waals surface area contributed by atoms with Crippen LogP contribution in [0.4, 0.5) is 0 Å². The number of aromatic amines is 1. The first-order chi connectivity index (χ1) is 11.6. The molecule has 1 aromatic carbocycles. The summed E-state index contributed by atoms with van der Waals surface area (Å²) in [5, 5.41) is 7.36. The number of ether oxygens (including phenoxy) is 2. The molecule has 0 amide bonds. The van der Waals surface area contributed by atoms with Crippen molar-refractivity contribution >= 4 is 11.8 Å². The lowest BCUT2D eigenvalue weighted by Gasteiger charge is -2.12. The van der Waals surface area contributed by atoms with E-state index in [4.69, 9.17) is 9.47 Å². The van der Waals surface area contributed by atoms with Gasteiger partial charge in [-0.05, 0) is 32.4 Å². The maximum Gasteiger partial charge on any atom is 0.343 e. The van der Waals surface area contributed by atoms with Crippen molar-refractivity contribution in [2.45, 2.75) is 57.2 Å². The first-order valence-corrected chi connectivity index (χ1v) is 9.34. The van der Waals surface area contributed by atoms with Crippen molar-refractivity contribution in [2.24, 2.45) is 0 Å². The molecule has 3 rings (SSSR count). The van der Waals surface area contributed by atoms with Crippen molar-refractivity contribution in [1.82, 2.24) is 14.8 Å². The van der Waals surface area contributed by atoms with Gasteiger partial charge in [0.25, 0.3) is 0 Å². The molecule has 7 heteroatoms. The van der Waals surface area contributed by atoms with Gasteiger partial charge in [-0.15, -0.1) is 5.10 Å². The minimum Gasteiger partial charge on any atom is -0.494 e. The minimum atomic E-state index is -0.157. The molecule has 24 heavy (non-hydrogen) atoms. The largest absolute Gasteiger partial charge is 0.494 e. The van der Waals surface area contributed by atoms with Crippen LogP contribution in [-0.2, 0) is 18.7 Å². The van der Waals surface area contributed by atoms with Gasteiger partial charge in [0.1, 0.15) is 17.6 Å². The molecule has 0 spiro atoms. The number of H-pyrrole nitrogens is 1. The fourth-order valence-corrected chi connectivity index (χ4v) is 3.81. The van der Waals surface area contributed by atoms with Crippen LogP contribution in [0.2, 0.25) is 0 Å². The van der Waals surface area contributed by atoms with Crippen LogP contribution >= 0.6 is 11.8 Å². The van der Waals surface area contributed by atoms with Crippen molar-refractivity contribution in [1.29, 1.82) is 0 Å². The Balaban J connectivity index is 1.82. The lowest BCUT2D eigenvalue weighted by molar-refractivity contribution is 0.254. The zero-order valence-corrected chi connectivity index (χ0v) is 15.1. The number of fused-ring (bicyclic) bond motifs is 1. The van der Waals surface area contributed by atoms with E-state index in [2.05, 4.69) is 29.3 Å². The molecule has 0 bridgehead atoms. The molecule has 2 aromatic rings. The third kappa shape index (κ3) is 3.45. The smallest absolute Gasteiger partial charge is 0.343 e. The van der Waals surface area contributed by atoms with Crippen LogP contribution in [0.15, 0.2) is 22.1 Å². The van der Waals surface area contributed by atoms with Gasteiger partial charge in [-0.3, -0.25) is 4.57 Å². The average molecular weight is 349 g/mol. The van der Waals surface area contributed by atoms with E-state index >= 15 is 0 Å². The fraction of sp³-hybridized carbons (Fsp3) is 0.529. The Morgan fingerprint density at radius 1 is 1.46 bits per heavy atom. The second kappa shape index (κ2) is 7.34. The Bertz CT molecular complexity index is 769. The molecular formula is C17H23N3O3S. The molecule has 2 heterocycles. The summed E-state index contributed by atoms with van der Waals surface area (Å²) in [5.74, 6) is 2.50. The van der Waals surface area contributed by atoms with Gasteiger partial charge < -0.3 is 9.47 Å². The number of hydrogen-bond donors (Lipinski definition) is 1. The molecule has 0 fully saturated rings. The van der Waals surface area contributed by atoms with Gasteiger partial charge in [0.05, 0.1) is 6.61 Å². The molecule has 0 saturated heterocycles. The zero-order valence-electron chi connectivity index (χ0n) is 14.3. The number of nitrogens with one attached hydrogen (secondary N) is 1. The van der Waals surface area contributed by atoms with Crippen molar-refractivity contribution in [3.8, 4) is 11.5 Å². The second-order valence-electron chi connectivity index (χ2n) is 5.88. The highest BCUT2D eigenvalue weighted by molar-refractivity contribution is 7.98. The molecule has 130 valence electrons. The zero-order chi connectivity index (χ0) is 17.1. The lowest BCUT2D eigenvalue weighted by atomic mass is 10.1. The topological polar surface area (TPSA) is 69.1 Å². The van der Waals surface area contributed by atoms with Crippen molar-refractivity contribution in [3.63, 3.8) is 0 Å². The highest BCUT2D eigenvalue weighted by atomic mass is 32.2. The van der Waals surface area contributed by atoms with Crippen LogP contribution in [0.3, 0.4) is 0 Å². The number of nitrogens with zero attached hydrogens (tertiary/aromatic N) is 2. The van der Waals surface area contributed by atoms with Crippen molar-refractivity contribution in [3.05, 3.63) is 33.7 Å². The molecule has 1 aromatic heterocycles. The van der Waals surface area contributed by atoms with E-state index in [-0.39, 0.29) is 11.8 Å². The van der Waals surface area contributed by atoms with Gasteiger partial charge in [0.15, 0.2) is 5.16 Å². The predicted octanol–water partition coefficient (Wildman–Crippen LogP) is 3.00. The number of thioether (sulfide) groups is 1. The van der Waals surface area contributed by atoms with Gasteiger partial charge in [-0.1, -0.05) is 18.7 Å². The van der Waals surface area contributed by atoms with E-state index in [0.717, 1.165) is 29.9 Å². The quantitative estimate of drug-likeness (QED) is 0.778. The number of hydrogen-bond acceptors (Lipinski definition) is 5. The molecule has 1 aliphatic heterocycles. The van der Waals surface area contributed by atoms with Crippen LogP contribution in [0.25, 0.3) is 0 Å². The summed E-state index contributed by atoms with van der Waals surface area (Å²) >= 11 is 1.53. The maximum absolute atomic E-state index is 11.8. The summed E-state index contributed by atoms with van der Waals surface area (Å²) in [4.78, 5) is 11.8. The summed E-state index contributed by atoms with van der Waals surface area (Å²) in [5.41, 5.74) is 2.10. The maximum atomic E-state index is 11.8. The summed E-state index contributed by atoms with van der Waals surface area (Å²) in [6.07, 6.45) is 2.01. The van der Waals surface area contributed by atoms with Gasteiger partial charge in [0, 0.05) is 29.8 Å². The third-order valence-electron chi connectivity index (χ3n) is 3.91. The predicted molar refractivity (Wildman–Crippen MR) is 94.1 cm³/mol. The van der Waals surface area contributed by atoms with E-state index in [1.807, 2.05) is 13.8 Å². The number of aromatic nitrogens is 3. The third-order valence-corrected chi connectivity index (χ3v) is 4.93. The summed E-state index contributed by atoms with van der Waals surface area (Å²) in [6.45, 7) is 7.38. The van der Waals surface area contributed by atoms with E-state index in [1.54, 1.807) is 4.57 Å². The van der Waals surface area contributed by atoms with Crippen LogP contribution in [0, 0.1) is 0 Å². The Kier molecular flexibility index (Phi) is 5.18. The minimum absolute atomic E-state index is 0.157. The van der Waals surface area contributed by atoms with Crippen LogP contribution < -0.4 is 15.2 Å². The first kappa shape index (κ1) is 17.0. The van der Waals surface area contributed by atoms with Crippen molar-refractivity contribution in [2.75, 3.05) is 6.61 Å². The van der Waals surface area contributed by atoms with E-state index in [0.29, 0.717) is 24.1 Å². The highest BCUT2D eigenvalue weighted by Crippen LogP contribution is 2.37. The van der Waals surface area contributed by atoms with Gasteiger partial charge in [0.2, 0.25) is 0 Å². The second-order valence-corrected chi connectivity index (χ2v) is 6.83. The van der Waals surface area contributed by atoms with Crippen LogP contribution in [0.1, 0.15) is 38.3 Å². The van der Waals surface area contributed by atoms with Crippen molar-refractivity contribution < 1.29 is 9.47 Å². The fourth-order valence-electron chi connectivity index (χ4n) is 2.86. The molecule has 0 aliphatic carbocycles. The van der Waals surface area contributed by atoms with E-state index < -0.39 is 0 Å². The van der Waals surface area contributed by atoms with E-state index in [9.17, 15) is 4.79 Å². The molecule has 0 saturated carbocycles. The Hall–Kier alpha value is -1.89. The van der Waals surface area contributed by atoms with Gasteiger partial charge in [-0.2, -0.15) is 0 Å². The molecule has 1 aliphatic rings. The molecule has 1 unspecified atom stereocenters. The number of benzene rings is 1. The molecule has 0 radical (unpaired) electrons. The monoisotopic (exact) mass is 349 g/mol. The molecule has 6 nitrogen and oxygen atoms in total. The van der Waals surface area contributed by atoms with E-state index in [1.165, 1.54) is 17.3 Å². The summed E-state index contributed by atoms with van der Waals surface area (Å²) in [6, 6.07) is 4.15. The highest BCUT2D eigenvalue weighted by Gasteiger charge is 2.22. The molecular weight excluding hydrogens is 326 g/mol. The molecule has 1 N–H and O–H groups in total. The summed E-state index contributed by atoms with van der Waals surface area (Å²) in [7, 11) is 0. The van der Waals surface area contributed by atoms with Gasteiger partial charge >= 0.3 is 5.69 Å². The van der Waals surface area contributed by atoms with Gasteiger partial charge in [-0.25, -0.2) is 9.89 Å². The Morgan fingerprint density at radius 3 is 3.04 bits per heavy atom. The summed E-state index contributed by atoms with van der Waals surface area (Å²) < 4.78 is 13.3. The Morgan fingerprint density at radius 2 is 2.29 bits per heavy atom.